The van der Waals surface area contributed by atoms with Crippen LogP contribution in [-0.4, -0.2) is 34.9 Å². The summed E-state index contributed by atoms with van der Waals surface area (Å²) in [4.78, 5) is 67.7. The van der Waals surface area contributed by atoms with E-state index in [1.807, 2.05) is 0 Å². The molecule has 3 aromatic carbocycles. The van der Waals surface area contributed by atoms with Crippen molar-refractivity contribution >= 4 is 56.6 Å². The number of anilines is 2. The zero-order valence-electron chi connectivity index (χ0n) is 19.4. The third kappa shape index (κ3) is 3.27. The number of halogens is 1. The largest absolute Gasteiger partial charge is 0.349 e. The minimum absolute atomic E-state index is 0.182. The van der Waals surface area contributed by atoms with Crippen LogP contribution in [0.4, 0.5) is 11.4 Å². The topological polar surface area (TPSA) is 110 Å². The van der Waals surface area contributed by atoms with Crippen LogP contribution in [0.15, 0.2) is 77.3 Å². The van der Waals surface area contributed by atoms with Crippen LogP contribution in [0.3, 0.4) is 0 Å². The highest BCUT2D eigenvalue weighted by Gasteiger charge is 2.74. The van der Waals surface area contributed by atoms with Gasteiger partial charge < -0.3 is 10.1 Å². The molecule has 37 heavy (non-hydrogen) atoms. The van der Waals surface area contributed by atoms with E-state index < -0.39 is 46.9 Å². The molecule has 9 heteroatoms. The summed E-state index contributed by atoms with van der Waals surface area (Å²) in [5.41, 5.74) is -0.403. The molecule has 3 atom stereocenters. The van der Waals surface area contributed by atoms with Crippen LogP contribution < -0.4 is 10.2 Å². The average molecular weight is 559 g/mol. The van der Waals surface area contributed by atoms with Gasteiger partial charge in [0.05, 0.1) is 23.6 Å². The van der Waals surface area contributed by atoms with Crippen molar-refractivity contribution in [3.63, 3.8) is 0 Å². The molecule has 0 aromatic heterocycles. The summed E-state index contributed by atoms with van der Waals surface area (Å²) >= 11 is 3.39. The monoisotopic (exact) mass is 558 g/mol. The molecule has 6 rings (SSSR count). The Hall–Kier alpha value is -3.95. The maximum absolute atomic E-state index is 13.9. The minimum Gasteiger partial charge on any atom is -0.349 e. The normalized spacial score (nSPS) is 23.5. The molecular formula is C28H19BrN2O6. The summed E-state index contributed by atoms with van der Waals surface area (Å²) < 4.78 is 7.07. The Balaban J connectivity index is 1.48. The molecule has 2 heterocycles. The van der Waals surface area contributed by atoms with Gasteiger partial charge in [-0.15, -0.1) is 0 Å². The van der Waals surface area contributed by atoms with Gasteiger partial charge in [0, 0.05) is 28.2 Å². The number of benzene rings is 3. The van der Waals surface area contributed by atoms with Crippen LogP contribution in [0.25, 0.3) is 0 Å². The second-order valence-electron chi connectivity index (χ2n) is 9.27. The molecule has 3 amide bonds. The van der Waals surface area contributed by atoms with Crippen molar-refractivity contribution in [3.05, 3.63) is 94.0 Å². The lowest BCUT2D eigenvalue weighted by atomic mass is 9.77. The van der Waals surface area contributed by atoms with Gasteiger partial charge in [-0.25, -0.2) is 4.90 Å². The summed E-state index contributed by atoms with van der Waals surface area (Å²) in [7, 11) is 0. The number of ether oxygens (including phenoxy) is 1. The quantitative estimate of drug-likeness (QED) is 0.382. The summed E-state index contributed by atoms with van der Waals surface area (Å²) in [5.74, 6) is -5.09. The van der Waals surface area contributed by atoms with E-state index in [9.17, 15) is 24.0 Å². The molecule has 0 unspecified atom stereocenters. The van der Waals surface area contributed by atoms with E-state index in [2.05, 4.69) is 21.2 Å². The molecule has 1 spiro atoms. The van der Waals surface area contributed by atoms with Crippen molar-refractivity contribution in [2.24, 2.45) is 11.8 Å². The number of nitrogens with one attached hydrogen (secondary N) is 1. The molecule has 1 N–H and O–H groups in total. The molecule has 2 aliphatic heterocycles. The SMILES string of the molecule is CC(=O)Nc1ccc(N2C(=O)[C@@H]3[C@@H](c4ccc(Br)cc4)OC4(C(=O)c5ccccc5C4=O)[C@H]3C2=O)cc1. The van der Waals surface area contributed by atoms with Crippen molar-refractivity contribution in [1.29, 1.82) is 0 Å². The zero-order chi connectivity index (χ0) is 26.1. The van der Waals surface area contributed by atoms with Crippen molar-refractivity contribution in [1.82, 2.24) is 0 Å². The van der Waals surface area contributed by atoms with E-state index in [4.69, 9.17) is 4.74 Å². The van der Waals surface area contributed by atoms with Crippen LogP contribution in [0.2, 0.25) is 0 Å². The summed E-state index contributed by atoms with van der Waals surface area (Å²) in [6.07, 6.45) is -0.986. The van der Waals surface area contributed by atoms with Crippen molar-refractivity contribution < 1.29 is 28.7 Å². The number of imide groups is 1. The second kappa shape index (κ2) is 8.29. The molecule has 3 aromatic rings. The molecule has 0 bridgehead atoms. The van der Waals surface area contributed by atoms with E-state index in [0.29, 0.717) is 11.3 Å². The third-order valence-electron chi connectivity index (χ3n) is 7.16. The Labute approximate surface area is 219 Å². The first-order valence-electron chi connectivity index (χ1n) is 11.6. The number of Topliss-reactive ketones (excluding diaryl/α,β-unsaturated/α-hetero) is 2. The summed E-state index contributed by atoms with van der Waals surface area (Å²) in [6, 6.07) is 19.6. The van der Waals surface area contributed by atoms with Gasteiger partial charge in [0.25, 0.3) is 0 Å². The Morgan fingerprint density at radius 3 is 2.03 bits per heavy atom. The Kier molecular flexibility index (Phi) is 5.25. The predicted molar refractivity (Wildman–Crippen MR) is 136 cm³/mol. The van der Waals surface area contributed by atoms with E-state index >= 15 is 0 Å². The number of carbonyl (C=O) groups excluding carboxylic acids is 5. The Morgan fingerprint density at radius 2 is 1.46 bits per heavy atom. The highest BCUT2D eigenvalue weighted by Crippen LogP contribution is 2.57. The molecule has 3 aliphatic rings. The van der Waals surface area contributed by atoms with Gasteiger partial charge in [0.1, 0.15) is 0 Å². The fraction of sp³-hybridized carbons (Fsp3) is 0.179. The predicted octanol–water partition coefficient (Wildman–Crippen LogP) is 4.10. The molecule has 0 saturated carbocycles. The molecule has 2 saturated heterocycles. The smallest absolute Gasteiger partial charge is 0.241 e. The lowest BCUT2D eigenvalue weighted by molar-refractivity contribution is -0.127. The van der Waals surface area contributed by atoms with Gasteiger partial charge in [-0.1, -0.05) is 52.3 Å². The van der Waals surface area contributed by atoms with Crippen LogP contribution in [0.1, 0.15) is 39.3 Å². The van der Waals surface area contributed by atoms with Gasteiger partial charge in [-0.05, 0) is 42.0 Å². The van der Waals surface area contributed by atoms with Crippen LogP contribution >= 0.6 is 15.9 Å². The lowest BCUT2D eigenvalue weighted by Crippen LogP contribution is -2.51. The molecule has 184 valence electrons. The van der Waals surface area contributed by atoms with Crippen molar-refractivity contribution in [3.8, 4) is 0 Å². The number of fused-ring (bicyclic) bond motifs is 3. The highest BCUT2D eigenvalue weighted by molar-refractivity contribution is 9.10. The van der Waals surface area contributed by atoms with Crippen molar-refractivity contribution in [2.45, 2.75) is 18.6 Å². The number of nitrogens with zero attached hydrogens (tertiary/aromatic N) is 1. The number of rotatable bonds is 3. The number of ketones is 2. The summed E-state index contributed by atoms with van der Waals surface area (Å²) in [5, 5.41) is 2.64. The van der Waals surface area contributed by atoms with E-state index in [-0.39, 0.29) is 22.7 Å². The maximum Gasteiger partial charge on any atom is 0.241 e. The first kappa shape index (κ1) is 23.4. The average Bonchev–Trinajstić information content (AvgIpc) is 3.45. The Morgan fingerprint density at radius 1 is 0.865 bits per heavy atom. The van der Waals surface area contributed by atoms with E-state index in [1.165, 1.54) is 31.2 Å². The first-order valence-corrected chi connectivity index (χ1v) is 12.4. The highest BCUT2D eigenvalue weighted by atomic mass is 79.9. The molecule has 1 aliphatic carbocycles. The molecule has 8 nitrogen and oxygen atoms in total. The lowest BCUT2D eigenvalue weighted by Gasteiger charge is -2.27. The van der Waals surface area contributed by atoms with E-state index in [1.54, 1.807) is 48.5 Å². The molecule has 2 fully saturated rings. The Bertz CT molecular complexity index is 1480. The number of amides is 3. The van der Waals surface area contributed by atoms with Gasteiger partial charge in [-0.2, -0.15) is 0 Å². The van der Waals surface area contributed by atoms with Gasteiger partial charge >= 0.3 is 0 Å². The van der Waals surface area contributed by atoms with Crippen LogP contribution in [-0.2, 0) is 19.1 Å². The van der Waals surface area contributed by atoms with Gasteiger partial charge in [0.15, 0.2) is 0 Å². The molecule has 0 radical (unpaired) electrons. The zero-order valence-corrected chi connectivity index (χ0v) is 21.0. The fourth-order valence-electron chi connectivity index (χ4n) is 5.62. The van der Waals surface area contributed by atoms with E-state index in [0.717, 1.165) is 9.37 Å². The number of hydrogen-bond donors (Lipinski definition) is 1. The molecular weight excluding hydrogens is 540 g/mol. The standard InChI is InChI=1S/C28H19BrN2O6/c1-14(32)30-17-10-12-18(13-11-17)31-26(35)21-22(27(31)36)28(37-23(21)15-6-8-16(29)9-7-15)24(33)19-4-2-3-5-20(19)25(28)34/h2-13,21-23H,1H3,(H,30,32)/t21-,22+,23+/m0/s1. The number of carbonyl (C=O) groups is 5. The third-order valence-corrected chi connectivity index (χ3v) is 7.69. The van der Waals surface area contributed by atoms with Crippen LogP contribution in [0, 0.1) is 11.8 Å². The fourth-order valence-corrected chi connectivity index (χ4v) is 5.89. The van der Waals surface area contributed by atoms with Crippen molar-refractivity contribution in [2.75, 3.05) is 10.2 Å². The minimum atomic E-state index is -2.12. The van der Waals surface area contributed by atoms with Gasteiger partial charge in [-0.3, -0.25) is 24.0 Å². The maximum atomic E-state index is 13.9. The first-order chi connectivity index (χ1) is 17.7. The number of hydrogen-bond acceptors (Lipinski definition) is 6. The van der Waals surface area contributed by atoms with Gasteiger partial charge in [0.2, 0.25) is 34.9 Å². The second-order valence-corrected chi connectivity index (χ2v) is 10.2. The van der Waals surface area contributed by atoms with Crippen LogP contribution in [0.5, 0.6) is 0 Å². The summed E-state index contributed by atoms with van der Waals surface area (Å²) in [6.45, 7) is 1.37.